The van der Waals surface area contributed by atoms with Crippen molar-refractivity contribution in [2.75, 3.05) is 13.2 Å². The van der Waals surface area contributed by atoms with Crippen LogP contribution in [0.1, 0.15) is 62.1 Å². The molecule has 0 saturated carbocycles. The van der Waals surface area contributed by atoms with E-state index in [1.165, 1.54) is 35.4 Å². The zero-order chi connectivity index (χ0) is 30.6. The van der Waals surface area contributed by atoms with Crippen LogP contribution in [0.25, 0.3) is 0 Å². The van der Waals surface area contributed by atoms with Gasteiger partial charge in [0.2, 0.25) is 0 Å². The van der Waals surface area contributed by atoms with Gasteiger partial charge >= 0.3 is 23.3 Å². The third-order valence-corrected chi connectivity index (χ3v) is 7.21. The summed E-state index contributed by atoms with van der Waals surface area (Å²) in [5.74, 6) is -1.15. The molecule has 2 fully saturated rings. The zero-order valence-corrected chi connectivity index (χ0v) is 23.1. The number of aliphatic hydroxyl groups is 2. The van der Waals surface area contributed by atoms with Crippen LogP contribution in [0.15, 0.2) is 31.6 Å². The Bertz CT molecular complexity index is 1410. The molecule has 0 bridgehead atoms. The van der Waals surface area contributed by atoms with E-state index in [0.29, 0.717) is 24.0 Å². The number of H-pyrrole nitrogens is 2. The normalized spacial score (nSPS) is 25.4. The van der Waals surface area contributed by atoms with Crippen molar-refractivity contribution in [2.24, 2.45) is 0 Å². The Kier molecular flexibility index (Phi) is 9.93. The van der Waals surface area contributed by atoms with Crippen LogP contribution in [0.5, 0.6) is 0 Å². The van der Waals surface area contributed by atoms with E-state index < -0.39 is 84.5 Å². The molecule has 2 saturated heterocycles. The second-order valence-electron chi connectivity index (χ2n) is 10.3. The number of hydrogen-bond donors (Lipinski definition) is 4. The van der Waals surface area contributed by atoms with E-state index in [-0.39, 0.29) is 25.7 Å². The molecule has 6 atom stereocenters. The molecule has 2 aliphatic heterocycles. The third-order valence-electron chi connectivity index (χ3n) is 7.21. The van der Waals surface area contributed by atoms with Crippen molar-refractivity contribution >= 4 is 11.9 Å². The van der Waals surface area contributed by atoms with E-state index in [4.69, 9.17) is 18.9 Å². The summed E-state index contributed by atoms with van der Waals surface area (Å²) in [6, 6.07) is 0. The Labute approximate surface area is 237 Å². The van der Waals surface area contributed by atoms with E-state index in [1.807, 2.05) is 0 Å². The van der Waals surface area contributed by atoms with Crippen molar-refractivity contribution in [3.8, 4) is 0 Å². The number of aliphatic hydroxyl groups excluding tert-OH is 2. The Balaban J connectivity index is 1.22. The number of unbranched alkanes of at least 4 members (excludes halogenated alkanes) is 1. The lowest BCUT2D eigenvalue weighted by atomic mass is 10.1. The van der Waals surface area contributed by atoms with Gasteiger partial charge in [-0.15, -0.1) is 0 Å². The molecule has 16 heteroatoms. The van der Waals surface area contributed by atoms with Gasteiger partial charge in [0.05, 0.1) is 13.2 Å². The first kappa shape index (κ1) is 31.1. The van der Waals surface area contributed by atoms with Gasteiger partial charge in [-0.1, -0.05) is 0 Å². The van der Waals surface area contributed by atoms with Crippen molar-refractivity contribution < 1.29 is 38.7 Å². The molecule has 2 aliphatic rings. The molecule has 2 aromatic rings. The first-order valence-electron chi connectivity index (χ1n) is 13.6. The van der Waals surface area contributed by atoms with Crippen molar-refractivity contribution in [1.29, 1.82) is 0 Å². The van der Waals surface area contributed by atoms with E-state index in [0.717, 1.165) is 0 Å². The SMILES string of the molecule is Cc1cn([C@H]2C[C@@H](OC(=O)CCCCC(=O)O[C@@H]3C[C@H](n4cc(C)c(=O)[nH]c4=O)O[C@@H]3CO)[C@@H](CO)O2)c(=O)[nH]c1=O. The largest absolute Gasteiger partial charge is 0.459 e. The number of aromatic amines is 2. The fraction of sp³-hybridized carbons (Fsp3) is 0.615. The lowest BCUT2D eigenvalue weighted by molar-refractivity contribution is -0.155. The number of nitrogens with zero attached hydrogens (tertiary/aromatic N) is 2. The molecule has 0 radical (unpaired) electrons. The molecule has 0 unspecified atom stereocenters. The van der Waals surface area contributed by atoms with Gasteiger partial charge in [0, 0.05) is 49.2 Å². The topological polar surface area (TPSA) is 221 Å². The summed E-state index contributed by atoms with van der Waals surface area (Å²) in [4.78, 5) is 76.8. The molecule has 2 aromatic heterocycles. The average molecular weight is 595 g/mol. The molecule has 230 valence electrons. The molecular formula is C26H34N4O12. The lowest BCUT2D eigenvalue weighted by Crippen LogP contribution is -2.33. The van der Waals surface area contributed by atoms with Crippen molar-refractivity contribution in [2.45, 2.75) is 89.2 Å². The summed E-state index contributed by atoms with van der Waals surface area (Å²) >= 11 is 0. The molecule has 0 aliphatic carbocycles. The average Bonchev–Trinajstić information content (AvgIpc) is 3.54. The molecule has 42 heavy (non-hydrogen) atoms. The van der Waals surface area contributed by atoms with E-state index in [9.17, 15) is 39.0 Å². The second-order valence-corrected chi connectivity index (χ2v) is 10.3. The van der Waals surface area contributed by atoms with Crippen LogP contribution < -0.4 is 22.5 Å². The first-order chi connectivity index (χ1) is 20.0. The number of carbonyl (C=O) groups excluding carboxylic acids is 2. The summed E-state index contributed by atoms with van der Waals surface area (Å²) in [7, 11) is 0. The summed E-state index contributed by atoms with van der Waals surface area (Å²) < 4.78 is 24.6. The van der Waals surface area contributed by atoms with Crippen molar-refractivity contribution in [1.82, 2.24) is 19.1 Å². The lowest BCUT2D eigenvalue weighted by Gasteiger charge is -2.17. The van der Waals surface area contributed by atoms with Gasteiger partial charge in [0.1, 0.15) is 36.9 Å². The quantitative estimate of drug-likeness (QED) is 0.175. The van der Waals surface area contributed by atoms with Gasteiger partial charge in [-0.2, -0.15) is 0 Å². The van der Waals surface area contributed by atoms with Gasteiger partial charge in [0.15, 0.2) is 0 Å². The van der Waals surface area contributed by atoms with E-state index in [2.05, 4.69) is 9.97 Å². The molecule has 0 amide bonds. The molecule has 4 N–H and O–H groups in total. The maximum atomic E-state index is 12.4. The number of hydrogen-bond acceptors (Lipinski definition) is 12. The Morgan fingerprint density at radius 2 is 1.17 bits per heavy atom. The summed E-state index contributed by atoms with van der Waals surface area (Å²) in [6.45, 7) is 2.16. The summed E-state index contributed by atoms with van der Waals surface area (Å²) in [5, 5.41) is 19.3. The molecule has 16 nitrogen and oxygen atoms in total. The van der Waals surface area contributed by atoms with Crippen LogP contribution in [0.2, 0.25) is 0 Å². The van der Waals surface area contributed by atoms with Crippen LogP contribution in [-0.2, 0) is 28.5 Å². The van der Waals surface area contributed by atoms with E-state index in [1.54, 1.807) is 0 Å². The van der Waals surface area contributed by atoms with E-state index >= 15 is 0 Å². The summed E-state index contributed by atoms with van der Waals surface area (Å²) in [5.41, 5.74) is -1.82. The predicted octanol–water partition coefficient (Wildman–Crippen LogP) is -1.35. The van der Waals surface area contributed by atoms with Crippen LogP contribution in [0.4, 0.5) is 0 Å². The van der Waals surface area contributed by atoms with Crippen LogP contribution >= 0.6 is 0 Å². The zero-order valence-electron chi connectivity index (χ0n) is 23.1. The third kappa shape index (κ3) is 7.13. The molecular weight excluding hydrogens is 560 g/mol. The highest BCUT2D eigenvalue weighted by molar-refractivity contribution is 5.71. The minimum absolute atomic E-state index is 0.0212. The fourth-order valence-corrected chi connectivity index (χ4v) is 4.91. The number of esters is 2. The minimum Gasteiger partial charge on any atom is -0.459 e. The Morgan fingerprint density at radius 3 is 1.52 bits per heavy atom. The minimum atomic E-state index is -0.860. The highest BCUT2D eigenvalue weighted by atomic mass is 16.6. The van der Waals surface area contributed by atoms with Gasteiger partial charge in [0.25, 0.3) is 11.1 Å². The molecule has 4 rings (SSSR count). The second kappa shape index (κ2) is 13.4. The van der Waals surface area contributed by atoms with Gasteiger partial charge in [-0.3, -0.25) is 38.3 Å². The standard InChI is InChI=1S/C26H34N4O12/c1-13-9-29(25(37)27-23(13)35)19-7-15(17(11-31)39-19)41-21(33)5-3-4-6-22(34)42-16-8-20(40-18(16)12-32)30-10-14(2)24(36)28-26(30)38/h9-10,15-20,31-32H,3-8,11-12H2,1-2H3,(H,27,35,37)(H,28,36,38)/t15-,16-,17-,18-,19-,20-/m1/s1. The van der Waals surface area contributed by atoms with Crippen LogP contribution in [-0.4, -0.2) is 78.9 Å². The molecule has 4 heterocycles. The predicted molar refractivity (Wildman–Crippen MR) is 142 cm³/mol. The number of carbonyl (C=O) groups is 2. The first-order valence-corrected chi connectivity index (χ1v) is 13.6. The summed E-state index contributed by atoms with van der Waals surface area (Å²) in [6.07, 6.45) is -1.62. The monoisotopic (exact) mass is 594 g/mol. The fourth-order valence-electron chi connectivity index (χ4n) is 4.91. The van der Waals surface area contributed by atoms with Crippen molar-refractivity contribution in [3.63, 3.8) is 0 Å². The highest BCUT2D eigenvalue weighted by Crippen LogP contribution is 2.31. The Morgan fingerprint density at radius 1 is 0.786 bits per heavy atom. The van der Waals surface area contributed by atoms with Crippen molar-refractivity contribution in [3.05, 3.63) is 65.2 Å². The molecule has 0 spiro atoms. The number of nitrogens with one attached hydrogen (secondary N) is 2. The van der Waals surface area contributed by atoms with Crippen LogP contribution in [0, 0.1) is 13.8 Å². The van der Waals surface area contributed by atoms with Gasteiger partial charge < -0.3 is 29.2 Å². The van der Waals surface area contributed by atoms with Crippen LogP contribution in [0.3, 0.4) is 0 Å². The maximum Gasteiger partial charge on any atom is 0.330 e. The van der Waals surface area contributed by atoms with Gasteiger partial charge in [-0.25, -0.2) is 9.59 Å². The number of ether oxygens (including phenoxy) is 4. The Hall–Kier alpha value is -3.86. The number of aromatic nitrogens is 4. The van der Waals surface area contributed by atoms with Gasteiger partial charge in [-0.05, 0) is 26.7 Å². The highest BCUT2D eigenvalue weighted by Gasteiger charge is 2.40. The number of rotatable bonds is 11. The number of aryl methyl sites for hydroxylation is 2. The molecule has 0 aromatic carbocycles. The smallest absolute Gasteiger partial charge is 0.330 e. The maximum absolute atomic E-state index is 12.4.